The summed E-state index contributed by atoms with van der Waals surface area (Å²) in [6, 6.07) is 0. The second kappa shape index (κ2) is 18.3. The lowest BCUT2D eigenvalue weighted by molar-refractivity contribution is -0.137. The van der Waals surface area contributed by atoms with E-state index in [9.17, 15) is 57.9 Å². The van der Waals surface area contributed by atoms with Crippen LogP contribution < -0.4 is 16.4 Å². The Morgan fingerprint density at radius 1 is 1.11 bits per heavy atom. The van der Waals surface area contributed by atoms with Gasteiger partial charge in [-0.1, -0.05) is 37.8 Å². The number of phosphoric acid groups is 3. The predicted octanol–water partition coefficient (Wildman–Crippen LogP) is -0.369. The highest BCUT2D eigenvalue weighted by Gasteiger charge is 2.50. The van der Waals surface area contributed by atoms with E-state index in [4.69, 9.17) is 19.5 Å². The minimum atomic E-state index is -5.57. The van der Waals surface area contributed by atoms with Crippen LogP contribution in [-0.4, -0.2) is 123 Å². The Hall–Kier alpha value is -2.70. The number of nitrogens with one attached hydrogen (secondary N) is 2. The maximum absolute atomic E-state index is 12.7. The molecule has 2 fully saturated rings. The number of fused-ring (bicyclic) bond motifs is 1. The zero-order valence-electron chi connectivity index (χ0n) is 29.3. The fraction of sp³-hybridized carbons (Fsp3) is 0.630. The molecule has 1 saturated heterocycles. The quantitative estimate of drug-likeness (QED) is 0.0439. The zero-order chi connectivity index (χ0) is 40.9. The summed E-state index contributed by atoms with van der Waals surface area (Å²) in [6.07, 6.45) is -5.63. The van der Waals surface area contributed by atoms with Gasteiger partial charge in [0.15, 0.2) is 22.8 Å². The molecule has 0 spiro atoms. The standard InChI is InChI=1S/C27H42N7O17P3S/c1-14-8-15(14)9-18(36)55-7-6-29-17(35)4-5-30-25(39)22(38)27(2,3)11-48-54(45,46)51-53(43,44)47-10-16-21(50-52(40,41)42)20(37)26(49-16)34-13-33-19-23(28)31-12-32-24(19)34/h12-13,15-16,20-22,26,37-38H,1,4-11H2,2-3H3,(H,29,35)(H,30,39)(H,43,44)(H,45,46)(H2,28,31,32)(H2,40,41,42)/t15?,16-,20-,21-,22+,26-/m1/s1. The SMILES string of the molecule is C=C1CC1CC(=O)SCCNC(=O)CCNC(=O)[C@H](O)C(C)(C)COP(=O)(O)OP(=O)(O)OC[C@H]1O[C@@H](n2cnc3c(N)ncnc32)[C@H](O)[C@@H]1OP(=O)(O)O. The van der Waals surface area contributed by atoms with Crippen LogP contribution in [0.3, 0.4) is 0 Å². The van der Waals surface area contributed by atoms with Crippen LogP contribution in [0.1, 0.15) is 39.3 Å². The molecule has 0 bridgehead atoms. The van der Waals surface area contributed by atoms with Crippen molar-refractivity contribution < 1.29 is 80.5 Å². The van der Waals surface area contributed by atoms with Crippen molar-refractivity contribution in [2.24, 2.45) is 11.3 Å². The number of carbonyl (C=O) groups excluding carboxylic acids is 3. The van der Waals surface area contributed by atoms with Gasteiger partial charge in [0, 0.05) is 37.1 Å². The van der Waals surface area contributed by atoms with Gasteiger partial charge in [-0.05, 0) is 12.3 Å². The number of nitrogens with zero attached hydrogens (tertiary/aromatic N) is 4. The average molecular weight is 862 g/mol. The molecular formula is C27H42N7O17P3S. The number of nitrogens with two attached hydrogens (primary N) is 1. The van der Waals surface area contributed by atoms with Crippen molar-refractivity contribution in [2.75, 3.05) is 37.8 Å². The van der Waals surface area contributed by atoms with Crippen molar-refractivity contribution >= 4 is 69.1 Å². The average Bonchev–Trinajstić information content (AvgIpc) is 3.45. The van der Waals surface area contributed by atoms with Crippen molar-refractivity contribution in [3.05, 3.63) is 24.8 Å². The smallest absolute Gasteiger partial charge is 0.386 e. The molecule has 2 amide bonds. The monoisotopic (exact) mass is 861 g/mol. The number of hydrogen-bond donors (Lipinski definition) is 9. The van der Waals surface area contributed by atoms with Crippen molar-refractivity contribution in [3.63, 3.8) is 0 Å². The van der Waals surface area contributed by atoms with E-state index in [-0.39, 0.29) is 47.5 Å². The van der Waals surface area contributed by atoms with Gasteiger partial charge in [0.25, 0.3) is 0 Å². The highest BCUT2D eigenvalue weighted by Crippen LogP contribution is 2.61. The van der Waals surface area contributed by atoms with Gasteiger partial charge in [0.1, 0.15) is 36.3 Å². The van der Waals surface area contributed by atoms with Gasteiger partial charge in [-0.2, -0.15) is 4.31 Å². The summed E-state index contributed by atoms with van der Waals surface area (Å²) in [5, 5.41) is 26.4. The number of imidazole rings is 1. The van der Waals surface area contributed by atoms with E-state index in [1.165, 1.54) is 13.8 Å². The maximum atomic E-state index is 12.7. The lowest BCUT2D eigenvalue weighted by Gasteiger charge is -2.30. The predicted molar refractivity (Wildman–Crippen MR) is 189 cm³/mol. The van der Waals surface area contributed by atoms with Crippen molar-refractivity contribution in [3.8, 4) is 0 Å². The maximum Gasteiger partial charge on any atom is 0.481 e. The number of thioether (sulfide) groups is 1. The van der Waals surface area contributed by atoms with Gasteiger partial charge in [0.05, 0.1) is 19.5 Å². The number of allylic oxidation sites excluding steroid dienone is 1. The molecule has 24 nitrogen and oxygen atoms in total. The minimum Gasteiger partial charge on any atom is -0.386 e. The number of aromatic nitrogens is 4. The highest BCUT2D eigenvalue weighted by molar-refractivity contribution is 8.13. The molecular weight excluding hydrogens is 819 g/mol. The number of ether oxygens (including phenoxy) is 1. The van der Waals surface area contributed by atoms with E-state index >= 15 is 0 Å². The van der Waals surface area contributed by atoms with E-state index in [2.05, 4.69) is 41.0 Å². The van der Waals surface area contributed by atoms with E-state index in [1.807, 2.05) is 0 Å². The van der Waals surface area contributed by atoms with Crippen molar-refractivity contribution in [1.29, 1.82) is 0 Å². The molecule has 0 radical (unpaired) electrons. The number of phosphoric ester groups is 3. The van der Waals surface area contributed by atoms with Gasteiger partial charge in [-0.25, -0.2) is 28.6 Å². The van der Waals surface area contributed by atoms with Gasteiger partial charge in [-0.3, -0.25) is 32.5 Å². The number of hydrogen-bond acceptors (Lipinski definition) is 18. The Bertz CT molecular complexity index is 1900. The molecule has 1 aliphatic heterocycles. The fourth-order valence-corrected chi connectivity index (χ4v) is 8.61. The third-order valence-electron chi connectivity index (χ3n) is 8.10. The molecule has 55 heavy (non-hydrogen) atoms. The first kappa shape index (κ1) is 45.0. The van der Waals surface area contributed by atoms with Crippen LogP contribution in [0.4, 0.5) is 5.82 Å². The molecule has 2 aliphatic rings. The first-order chi connectivity index (χ1) is 25.5. The molecule has 8 atom stereocenters. The highest BCUT2D eigenvalue weighted by atomic mass is 32.2. The number of nitrogen functional groups attached to an aromatic ring is 1. The number of aliphatic hydroxyl groups excluding tert-OH is 2. The summed E-state index contributed by atoms with van der Waals surface area (Å²) >= 11 is 1.10. The van der Waals surface area contributed by atoms with E-state index < -0.39 is 84.6 Å². The lowest BCUT2D eigenvalue weighted by atomic mass is 9.87. The third-order valence-corrected chi connectivity index (χ3v) is 12.1. The molecule has 2 aromatic rings. The number of rotatable bonds is 21. The Kier molecular flexibility index (Phi) is 14.9. The molecule has 3 heterocycles. The molecule has 1 aliphatic carbocycles. The summed E-state index contributed by atoms with van der Waals surface area (Å²) in [5.74, 6) is -0.834. The second-order valence-electron chi connectivity index (χ2n) is 13.1. The second-order valence-corrected chi connectivity index (χ2v) is 18.4. The summed E-state index contributed by atoms with van der Waals surface area (Å²) in [5.41, 5.74) is 5.32. The van der Waals surface area contributed by atoms with Crippen molar-refractivity contribution in [1.82, 2.24) is 30.2 Å². The Labute approximate surface area is 317 Å². The molecule has 308 valence electrons. The molecule has 3 unspecified atom stereocenters. The number of aliphatic hydroxyl groups is 2. The Morgan fingerprint density at radius 2 is 1.78 bits per heavy atom. The molecule has 2 aromatic heterocycles. The fourth-order valence-electron chi connectivity index (χ4n) is 5.03. The first-order valence-electron chi connectivity index (χ1n) is 16.2. The molecule has 4 rings (SSSR count). The lowest BCUT2D eigenvalue weighted by Crippen LogP contribution is -2.46. The van der Waals surface area contributed by atoms with Crippen molar-refractivity contribution in [2.45, 2.75) is 63.8 Å². The van der Waals surface area contributed by atoms with Crippen LogP contribution in [-0.2, 0) is 50.7 Å². The topological polar surface area (TPSA) is 364 Å². The number of amides is 2. The number of carbonyl (C=O) groups is 3. The van der Waals surface area contributed by atoms with Crippen LogP contribution in [0.2, 0.25) is 0 Å². The number of anilines is 1. The molecule has 28 heteroatoms. The molecule has 10 N–H and O–H groups in total. The molecule has 1 saturated carbocycles. The Morgan fingerprint density at radius 3 is 2.44 bits per heavy atom. The summed E-state index contributed by atoms with van der Waals surface area (Å²) in [7, 11) is -16.4. The van der Waals surface area contributed by atoms with Gasteiger partial charge < -0.3 is 50.9 Å². The van der Waals surface area contributed by atoms with Gasteiger partial charge in [0.2, 0.25) is 11.8 Å². The van der Waals surface area contributed by atoms with E-state index in [1.54, 1.807) is 0 Å². The Balaban J connectivity index is 1.23. The normalized spacial score (nSPS) is 24.2. The van der Waals surface area contributed by atoms with Gasteiger partial charge in [-0.15, -0.1) is 0 Å². The zero-order valence-corrected chi connectivity index (χ0v) is 32.8. The van der Waals surface area contributed by atoms with Gasteiger partial charge >= 0.3 is 23.5 Å². The van der Waals surface area contributed by atoms with E-state index in [0.29, 0.717) is 12.2 Å². The summed E-state index contributed by atoms with van der Waals surface area (Å²) < 4.78 is 62.0. The van der Waals surface area contributed by atoms with E-state index in [0.717, 1.165) is 41.0 Å². The van der Waals surface area contributed by atoms with Crippen LogP contribution in [0.15, 0.2) is 24.8 Å². The molecule has 0 aromatic carbocycles. The summed E-state index contributed by atoms with van der Waals surface area (Å²) in [6.45, 7) is 4.32. The summed E-state index contributed by atoms with van der Waals surface area (Å²) in [4.78, 5) is 87.4. The largest absolute Gasteiger partial charge is 0.481 e. The van der Waals surface area contributed by atoms with Crippen LogP contribution in [0.5, 0.6) is 0 Å². The third kappa shape index (κ3) is 13.2. The first-order valence-corrected chi connectivity index (χ1v) is 21.7. The van der Waals surface area contributed by atoms with Crippen LogP contribution >= 0.6 is 35.2 Å². The van der Waals surface area contributed by atoms with Crippen LogP contribution in [0, 0.1) is 11.3 Å². The minimum absolute atomic E-state index is 0.00910. The van der Waals surface area contributed by atoms with Crippen LogP contribution in [0.25, 0.3) is 11.2 Å².